The molecule has 2 atom stereocenters. The summed E-state index contributed by atoms with van der Waals surface area (Å²) >= 11 is 1.48. The highest BCUT2D eigenvalue weighted by Gasteiger charge is 2.30. The molecule has 27 heavy (non-hydrogen) atoms. The largest absolute Gasteiger partial charge is 0.376 e. The number of ether oxygens (including phenoxy) is 1. The first-order valence-corrected chi connectivity index (χ1v) is 10.1. The van der Waals surface area contributed by atoms with Gasteiger partial charge in [0.2, 0.25) is 0 Å². The van der Waals surface area contributed by atoms with Crippen LogP contribution in [0.2, 0.25) is 0 Å². The summed E-state index contributed by atoms with van der Waals surface area (Å²) in [7, 11) is 0. The smallest absolute Gasteiger partial charge is 0.272 e. The number of fused-ring (bicyclic) bond motifs is 1. The summed E-state index contributed by atoms with van der Waals surface area (Å²) < 4.78 is 21.1. The second kappa shape index (κ2) is 7.70. The second-order valence-corrected chi connectivity index (χ2v) is 7.23. The Balaban J connectivity index is 1.67. The normalized spacial score (nSPS) is 17.9. The van der Waals surface area contributed by atoms with Crippen molar-refractivity contribution in [3.63, 3.8) is 0 Å². The Morgan fingerprint density at radius 2 is 2.15 bits per heavy atom. The Morgan fingerprint density at radius 1 is 1.33 bits per heavy atom. The van der Waals surface area contributed by atoms with E-state index in [1.54, 1.807) is 12.1 Å². The predicted molar refractivity (Wildman–Crippen MR) is 103 cm³/mol. The standard InChI is InChI=1S/C20H20FN3O2S/c1-27-20-23-18(15-5-2-3-11-24(15)20)19(25)22-17(16-6-4-12-26-16)13-7-9-14(21)10-8-13/h2-3,5,7-11,16-17H,4,6,12H2,1H3,(H,22,25)/t16-,17+/m0/s1. The fourth-order valence-electron chi connectivity index (χ4n) is 3.46. The van der Waals surface area contributed by atoms with E-state index < -0.39 is 0 Å². The third kappa shape index (κ3) is 3.57. The second-order valence-electron chi connectivity index (χ2n) is 6.46. The van der Waals surface area contributed by atoms with Crippen molar-refractivity contribution in [2.24, 2.45) is 0 Å². The zero-order valence-electron chi connectivity index (χ0n) is 14.9. The summed E-state index contributed by atoms with van der Waals surface area (Å²) in [6.07, 6.45) is 5.48. The Morgan fingerprint density at radius 3 is 2.85 bits per heavy atom. The maximum atomic E-state index is 13.3. The highest BCUT2D eigenvalue weighted by Crippen LogP contribution is 2.28. The molecule has 140 valence electrons. The Labute approximate surface area is 160 Å². The lowest BCUT2D eigenvalue weighted by molar-refractivity contribution is 0.0670. The molecule has 0 unspecified atom stereocenters. The molecule has 3 heterocycles. The van der Waals surface area contributed by atoms with Gasteiger partial charge in [-0.1, -0.05) is 30.0 Å². The van der Waals surface area contributed by atoms with Gasteiger partial charge in [-0.25, -0.2) is 9.37 Å². The Kier molecular flexibility index (Phi) is 5.13. The van der Waals surface area contributed by atoms with E-state index in [1.807, 2.05) is 35.1 Å². The van der Waals surface area contributed by atoms with Crippen LogP contribution in [0, 0.1) is 5.82 Å². The highest BCUT2D eigenvalue weighted by molar-refractivity contribution is 7.98. The van der Waals surface area contributed by atoms with Gasteiger partial charge in [0.15, 0.2) is 10.9 Å². The molecule has 2 aromatic heterocycles. The molecule has 3 aromatic rings. The summed E-state index contributed by atoms with van der Waals surface area (Å²) in [4.78, 5) is 17.6. The van der Waals surface area contributed by atoms with Gasteiger partial charge in [-0.15, -0.1) is 0 Å². The SMILES string of the molecule is CSc1nc(C(=O)N[C@H](c2ccc(F)cc2)[C@@H]2CCCO2)c2ccccn12. The monoisotopic (exact) mass is 385 g/mol. The van der Waals surface area contributed by atoms with Crippen LogP contribution in [0.25, 0.3) is 5.52 Å². The van der Waals surface area contributed by atoms with Gasteiger partial charge in [0.1, 0.15) is 5.82 Å². The number of carbonyl (C=O) groups excluding carboxylic acids is 1. The van der Waals surface area contributed by atoms with E-state index in [2.05, 4.69) is 10.3 Å². The number of benzene rings is 1. The summed E-state index contributed by atoms with van der Waals surface area (Å²) in [5, 5.41) is 3.82. The first-order valence-electron chi connectivity index (χ1n) is 8.86. The molecule has 5 nitrogen and oxygen atoms in total. The van der Waals surface area contributed by atoms with Crippen LogP contribution in [0.1, 0.15) is 34.9 Å². The fourth-order valence-corrected chi connectivity index (χ4v) is 4.00. The van der Waals surface area contributed by atoms with Gasteiger partial charge < -0.3 is 10.1 Å². The number of hydrogen-bond acceptors (Lipinski definition) is 4. The van der Waals surface area contributed by atoms with Crippen molar-refractivity contribution >= 4 is 23.2 Å². The molecule has 4 rings (SSSR count). The van der Waals surface area contributed by atoms with Crippen LogP contribution in [0.5, 0.6) is 0 Å². The number of aromatic nitrogens is 2. The van der Waals surface area contributed by atoms with Crippen LogP contribution < -0.4 is 5.32 Å². The van der Waals surface area contributed by atoms with Crippen molar-refractivity contribution in [2.75, 3.05) is 12.9 Å². The summed E-state index contributed by atoms with van der Waals surface area (Å²) in [6, 6.07) is 11.5. The molecule has 0 aliphatic carbocycles. The third-order valence-electron chi connectivity index (χ3n) is 4.77. The summed E-state index contributed by atoms with van der Waals surface area (Å²) in [5.41, 5.74) is 1.96. The Bertz CT molecular complexity index is 952. The van der Waals surface area contributed by atoms with Gasteiger partial charge in [-0.3, -0.25) is 9.20 Å². The zero-order chi connectivity index (χ0) is 18.8. The van der Waals surface area contributed by atoms with E-state index in [-0.39, 0.29) is 23.9 Å². The molecule has 1 saturated heterocycles. The van der Waals surface area contributed by atoms with Crippen molar-refractivity contribution in [3.8, 4) is 0 Å². The van der Waals surface area contributed by atoms with Crippen LogP contribution in [0.15, 0.2) is 53.8 Å². The number of pyridine rings is 1. The van der Waals surface area contributed by atoms with Crippen LogP contribution in [0.3, 0.4) is 0 Å². The predicted octanol–water partition coefficient (Wildman–Crippen LogP) is 3.85. The van der Waals surface area contributed by atoms with E-state index in [0.29, 0.717) is 12.3 Å². The van der Waals surface area contributed by atoms with Crippen LogP contribution in [-0.4, -0.2) is 34.3 Å². The number of rotatable bonds is 5. The van der Waals surface area contributed by atoms with Gasteiger partial charge in [-0.05, 0) is 48.9 Å². The summed E-state index contributed by atoms with van der Waals surface area (Å²) in [5.74, 6) is -0.565. The topological polar surface area (TPSA) is 55.6 Å². The molecule has 0 spiro atoms. The van der Waals surface area contributed by atoms with Crippen molar-refractivity contribution < 1.29 is 13.9 Å². The number of nitrogens with zero attached hydrogens (tertiary/aromatic N) is 2. The molecule has 0 bridgehead atoms. The summed E-state index contributed by atoms with van der Waals surface area (Å²) in [6.45, 7) is 0.669. The number of carbonyl (C=O) groups is 1. The molecule has 1 amide bonds. The number of halogens is 1. The van der Waals surface area contributed by atoms with Gasteiger partial charge >= 0.3 is 0 Å². The van der Waals surface area contributed by atoms with E-state index in [0.717, 1.165) is 29.1 Å². The zero-order valence-corrected chi connectivity index (χ0v) is 15.7. The first-order chi connectivity index (χ1) is 13.2. The fraction of sp³-hybridized carbons (Fsp3) is 0.300. The lowest BCUT2D eigenvalue weighted by Crippen LogP contribution is -2.36. The van der Waals surface area contributed by atoms with Gasteiger partial charge in [0, 0.05) is 12.8 Å². The lowest BCUT2D eigenvalue weighted by Gasteiger charge is -2.24. The van der Waals surface area contributed by atoms with Gasteiger partial charge in [0.05, 0.1) is 17.7 Å². The maximum absolute atomic E-state index is 13.3. The van der Waals surface area contributed by atoms with Gasteiger partial charge in [-0.2, -0.15) is 0 Å². The van der Waals surface area contributed by atoms with Crippen molar-refractivity contribution in [3.05, 3.63) is 65.7 Å². The minimum atomic E-state index is -0.348. The maximum Gasteiger partial charge on any atom is 0.272 e. The molecule has 1 aliphatic rings. The van der Waals surface area contributed by atoms with Crippen molar-refractivity contribution in [1.82, 2.24) is 14.7 Å². The van der Waals surface area contributed by atoms with E-state index in [4.69, 9.17) is 4.74 Å². The van der Waals surface area contributed by atoms with Crippen LogP contribution >= 0.6 is 11.8 Å². The molecule has 0 saturated carbocycles. The number of hydrogen-bond donors (Lipinski definition) is 1. The number of thioether (sulfide) groups is 1. The molecule has 0 radical (unpaired) electrons. The molecule has 1 N–H and O–H groups in total. The molecular formula is C20H20FN3O2S. The minimum absolute atomic E-state index is 0.131. The number of amides is 1. The molecular weight excluding hydrogens is 365 g/mol. The van der Waals surface area contributed by atoms with Crippen LogP contribution in [0.4, 0.5) is 4.39 Å². The Hall–Kier alpha value is -2.38. The van der Waals surface area contributed by atoms with Gasteiger partial charge in [0.25, 0.3) is 5.91 Å². The van der Waals surface area contributed by atoms with Crippen molar-refractivity contribution in [1.29, 1.82) is 0 Å². The molecule has 1 fully saturated rings. The molecule has 7 heteroatoms. The average molecular weight is 385 g/mol. The van der Waals surface area contributed by atoms with E-state index >= 15 is 0 Å². The highest BCUT2D eigenvalue weighted by atomic mass is 32.2. The van der Waals surface area contributed by atoms with Crippen LogP contribution in [-0.2, 0) is 4.74 Å². The number of nitrogens with one attached hydrogen (secondary N) is 1. The quantitative estimate of drug-likeness (QED) is 0.678. The number of imidazole rings is 1. The van der Waals surface area contributed by atoms with E-state index in [1.165, 1.54) is 23.9 Å². The minimum Gasteiger partial charge on any atom is -0.376 e. The van der Waals surface area contributed by atoms with Crippen molar-refractivity contribution in [2.45, 2.75) is 30.1 Å². The molecule has 1 aliphatic heterocycles. The lowest BCUT2D eigenvalue weighted by atomic mass is 9.99. The molecule has 1 aromatic carbocycles. The first kappa shape index (κ1) is 18.0. The third-order valence-corrected chi connectivity index (χ3v) is 5.42. The van der Waals surface area contributed by atoms with E-state index in [9.17, 15) is 9.18 Å². The average Bonchev–Trinajstić information content (AvgIpc) is 3.35.